The molecule has 0 bridgehead atoms. The number of carbonyl (C=O) groups is 1. The fraction of sp³-hybridized carbons (Fsp3) is 0.889. The van der Waals surface area contributed by atoms with Crippen LogP contribution in [0.25, 0.3) is 0 Å². The van der Waals surface area contributed by atoms with Gasteiger partial charge in [0, 0.05) is 25.0 Å². The first-order chi connectivity index (χ1) is 5.65. The fourth-order valence-corrected chi connectivity index (χ4v) is 1.56. The van der Waals surface area contributed by atoms with Gasteiger partial charge in [-0.1, -0.05) is 20.3 Å². The highest BCUT2D eigenvalue weighted by molar-refractivity contribution is 5.79. The van der Waals surface area contributed by atoms with Gasteiger partial charge in [0.25, 0.3) is 0 Å². The summed E-state index contributed by atoms with van der Waals surface area (Å²) in [5.41, 5.74) is 5.59. The number of hydrogen-bond acceptors (Lipinski definition) is 2. The van der Waals surface area contributed by atoms with Gasteiger partial charge in [0.1, 0.15) is 0 Å². The smallest absolute Gasteiger partial charge is 0.225 e. The lowest BCUT2D eigenvalue weighted by atomic mass is 10.0. The largest absolute Gasteiger partial charge is 0.339 e. The molecular weight excluding hydrogens is 152 g/mol. The highest BCUT2D eigenvalue weighted by Crippen LogP contribution is 2.14. The molecular formula is C9H18N2O. The lowest BCUT2D eigenvalue weighted by Crippen LogP contribution is -2.58. The zero-order valence-electron chi connectivity index (χ0n) is 7.92. The Morgan fingerprint density at radius 3 is 2.67 bits per heavy atom. The van der Waals surface area contributed by atoms with E-state index in [0.29, 0.717) is 0 Å². The van der Waals surface area contributed by atoms with Gasteiger partial charge in [-0.05, 0) is 6.42 Å². The molecule has 0 radical (unpaired) electrons. The van der Waals surface area contributed by atoms with E-state index in [1.54, 1.807) is 0 Å². The van der Waals surface area contributed by atoms with Crippen molar-refractivity contribution in [2.75, 3.05) is 13.1 Å². The second kappa shape index (κ2) is 3.90. The highest BCUT2D eigenvalue weighted by Gasteiger charge is 2.29. The summed E-state index contributed by atoms with van der Waals surface area (Å²) >= 11 is 0. The number of likely N-dealkylation sites (tertiary alicyclic amines) is 1. The molecule has 3 nitrogen and oxygen atoms in total. The molecule has 1 unspecified atom stereocenters. The Labute approximate surface area is 73.9 Å². The van der Waals surface area contributed by atoms with Gasteiger partial charge in [0.05, 0.1) is 0 Å². The maximum atomic E-state index is 11.5. The second-order valence-corrected chi connectivity index (χ2v) is 3.69. The topological polar surface area (TPSA) is 46.3 Å². The molecule has 70 valence electrons. The third-order valence-corrected chi connectivity index (χ3v) is 2.36. The van der Waals surface area contributed by atoms with Crippen LogP contribution in [-0.4, -0.2) is 29.9 Å². The predicted molar refractivity (Wildman–Crippen MR) is 48.6 cm³/mol. The van der Waals surface area contributed by atoms with E-state index < -0.39 is 0 Å². The van der Waals surface area contributed by atoms with Crippen LogP contribution in [0, 0.1) is 5.92 Å². The second-order valence-electron chi connectivity index (χ2n) is 3.69. The molecule has 2 N–H and O–H groups in total. The van der Waals surface area contributed by atoms with Crippen LogP contribution >= 0.6 is 0 Å². The molecule has 1 amide bonds. The number of amides is 1. The van der Waals surface area contributed by atoms with Crippen LogP contribution in [0.3, 0.4) is 0 Å². The molecule has 0 spiro atoms. The minimum atomic E-state index is 0.183. The lowest BCUT2D eigenvalue weighted by Gasteiger charge is -2.38. The summed E-state index contributed by atoms with van der Waals surface area (Å²) in [4.78, 5) is 13.4. The minimum absolute atomic E-state index is 0.183. The Hall–Kier alpha value is -0.570. The van der Waals surface area contributed by atoms with Crippen LogP contribution in [0.15, 0.2) is 0 Å². The maximum Gasteiger partial charge on any atom is 0.225 e. The van der Waals surface area contributed by atoms with Crippen molar-refractivity contribution in [2.24, 2.45) is 11.7 Å². The van der Waals surface area contributed by atoms with Gasteiger partial charge in [-0.25, -0.2) is 0 Å². The number of rotatable bonds is 3. The zero-order valence-corrected chi connectivity index (χ0v) is 7.92. The molecule has 1 aliphatic heterocycles. The first-order valence-corrected chi connectivity index (χ1v) is 4.69. The van der Waals surface area contributed by atoms with Crippen LogP contribution in [-0.2, 0) is 4.79 Å². The van der Waals surface area contributed by atoms with E-state index in [-0.39, 0.29) is 17.9 Å². The van der Waals surface area contributed by atoms with Gasteiger partial charge in [0.2, 0.25) is 5.91 Å². The van der Waals surface area contributed by atoms with Crippen molar-refractivity contribution in [1.29, 1.82) is 0 Å². The predicted octanol–water partition coefficient (Wildman–Crippen LogP) is 0.592. The van der Waals surface area contributed by atoms with Gasteiger partial charge >= 0.3 is 0 Å². The summed E-state index contributed by atoms with van der Waals surface area (Å²) in [7, 11) is 0. The van der Waals surface area contributed by atoms with Crippen molar-refractivity contribution in [2.45, 2.75) is 32.7 Å². The molecule has 1 aliphatic rings. The molecule has 1 heterocycles. The Kier molecular flexibility index (Phi) is 3.09. The van der Waals surface area contributed by atoms with Crippen LogP contribution in [0.2, 0.25) is 0 Å². The van der Waals surface area contributed by atoms with Crippen molar-refractivity contribution in [3.63, 3.8) is 0 Å². The molecule has 0 saturated carbocycles. The van der Waals surface area contributed by atoms with E-state index in [0.717, 1.165) is 25.9 Å². The zero-order chi connectivity index (χ0) is 9.14. The van der Waals surface area contributed by atoms with Crippen molar-refractivity contribution in [1.82, 2.24) is 4.90 Å². The maximum absolute atomic E-state index is 11.5. The van der Waals surface area contributed by atoms with Gasteiger partial charge in [-0.15, -0.1) is 0 Å². The third kappa shape index (κ3) is 1.97. The molecule has 0 aliphatic carbocycles. The number of nitrogens with zero attached hydrogens (tertiary/aromatic N) is 1. The van der Waals surface area contributed by atoms with Gasteiger partial charge in [0.15, 0.2) is 0 Å². The standard InChI is InChI=1S/C9H18N2O/c1-3-4-7(2)9(12)11-5-8(10)6-11/h7-8H,3-6,10H2,1-2H3. The normalized spacial score (nSPS) is 20.4. The van der Waals surface area contributed by atoms with E-state index >= 15 is 0 Å². The summed E-state index contributed by atoms with van der Waals surface area (Å²) in [6.07, 6.45) is 2.07. The third-order valence-electron chi connectivity index (χ3n) is 2.36. The Balaban J connectivity index is 2.28. The van der Waals surface area contributed by atoms with Crippen molar-refractivity contribution in [3.8, 4) is 0 Å². The summed E-state index contributed by atoms with van der Waals surface area (Å²) in [5, 5.41) is 0. The Bertz CT molecular complexity index is 157. The molecule has 1 atom stereocenters. The van der Waals surface area contributed by atoms with E-state index in [2.05, 4.69) is 6.92 Å². The van der Waals surface area contributed by atoms with Gasteiger partial charge in [-0.3, -0.25) is 4.79 Å². The monoisotopic (exact) mass is 170 g/mol. The summed E-state index contributed by atoms with van der Waals surface area (Å²) in [6.45, 7) is 5.61. The van der Waals surface area contributed by atoms with E-state index in [4.69, 9.17) is 5.73 Å². The minimum Gasteiger partial charge on any atom is -0.339 e. The quantitative estimate of drug-likeness (QED) is 0.674. The SMILES string of the molecule is CCCC(C)C(=O)N1CC(N)C1. The molecule has 3 heteroatoms. The first-order valence-electron chi connectivity index (χ1n) is 4.69. The molecule has 1 fully saturated rings. The Morgan fingerprint density at radius 2 is 2.25 bits per heavy atom. The summed E-state index contributed by atoms with van der Waals surface area (Å²) in [5.74, 6) is 0.459. The van der Waals surface area contributed by atoms with Crippen LogP contribution in [0.4, 0.5) is 0 Å². The Morgan fingerprint density at radius 1 is 1.67 bits per heavy atom. The van der Waals surface area contributed by atoms with Gasteiger partial charge < -0.3 is 10.6 Å². The number of nitrogens with two attached hydrogens (primary N) is 1. The van der Waals surface area contributed by atoms with Crippen molar-refractivity contribution in [3.05, 3.63) is 0 Å². The molecule has 0 aromatic rings. The average Bonchev–Trinajstić information content (AvgIpc) is 1.98. The summed E-state index contributed by atoms with van der Waals surface area (Å²) < 4.78 is 0. The first kappa shape index (κ1) is 9.52. The van der Waals surface area contributed by atoms with Crippen LogP contribution in [0.5, 0.6) is 0 Å². The van der Waals surface area contributed by atoms with E-state index in [9.17, 15) is 4.79 Å². The molecule has 12 heavy (non-hydrogen) atoms. The average molecular weight is 170 g/mol. The molecule has 0 aromatic carbocycles. The van der Waals surface area contributed by atoms with Crippen LogP contribution < -0.4 is 5.73 Å². The molecule has 1 rings (SSSR count). The highest BCUT2D eigenvalue weighted by atomic mass is 16.2. The fourth-order valence-electron chi connectivity index (χ4n) is 1.56. The van der Waals surface area contributed by atoms with E-state index in [1.807, 2.05) is 11.8 Å². The summed E-state index contributed by atoms with van der Waals surface area (Å²) in [6, 6.07) is 0.225. The van der Waals surface area contributed by atoms with Crippen LogP contribution in [0.1, 0.15) is 26.7 Å². The van der Waals surface area contributed by atoms with Crippen molar-refractivity contribution < 1.29 is 4.79 Å². The van der Waals surface area contributed by atoms with E-state index in [1.165, 1.54) is 0 Å². The lowest BCUT2D eigenvalue weighted by molar-refractivity contribution is -0.139. The van der Waals surface area contributed by atoms with Gasteiger partial charge in [-0.2, -0.15) is 0 Å². The number of hydrogen-bond donors (Lipinski definition) is 1. The number of carbonyl (C=O) groups excluding carboxylic acids is 1. The molecule has 1 saturated heterocycles. The van der Waals surface area contributed by atoms with Crippen molar-refractivity contribution >= 4 is 5.91 Å². The molecule has 0 aromatic heterocycles.